The lowest BCUT2D eigenvalue weighted by molar-refractivity contribution is -0.652. The molecule has 0 aliphatic rings. The molecule has 0 amide bonds. The minimum atomic E-state index is 1.13. The van der Waals surface area contributed by atoms with E-state index in [1.54, 1.807) is 11.3 Å². The lowest BCUT2D eigenvalue weighted by atomic mass is 10.1. The van der Waals surface area contributed by atoms with Gasteiger partial charge in [-0.2, -0.15) is 5.10 Å². The van der Waals surface area contributed by atoms with Gasteiger partial charge in [-0.3, -0.25) is 0 Å². The standard InChI is InChI=1S/C23H15N3S/c1-2-4-20-15(3-1)13-22(24-20)16-5-7-21-18(11-16)14-26(25-21)19-6-8-23-17(12-19)9-10-27-23/h1-14,24H/p+1. The second-order valence-electron chi connectivity index (χ2n) is 6.83. The summed E-state index contributed by atoms with van der Waals surface area (Å²) in [5, 5.41) is 9.33. The molecule has 128 valence electrons. The van der Waals surface area contributed by atoms with Crippen molar-refractivity contribution in [1.29, 1.82) is 0 Å². The summed E-state index contributed by atoms with van der Waals surface area (Å²) in [4.78, 5) is 3.52. The van der Waals surface area contributed by atoms with Gasteiger partial charge in [0.05, 0.1) is 5.39 Å². The van der Waals surface area contributed by atoms with Gasteiger partial charge in [0, 0.05) is 33.4 Å². The minimum absolute atomic E-state index is 1.13. The molecule has 0 radical (unpaired) electrons. The molecule has 0 fully saturated rings. The van der Waals surface area contributed by atoms with E-state index in [0.29, 0.717) is 0 Å². The Bertz CT molecular complexity index is 1400. The summed E-state index contributed by atoms with van der Waals surface area (Å²) >= 11 is 1.77. The van der Waals surface area contributed by atoms with Crippen LogP contribution in [0, 0.1) is 0 Å². The molecular formula is C23H16N3S+. The molecule has 0 bridgehead atoms. The van der Waals surface area contributed by atoms with Crippen LogP contribution in [0.4, 0.5) is 0 Å². The Morgan fingerprint density at radius 2 is 1.70 bits per heavy atom. The highest BCUT2D eigenvalue weighted by Crippen LogP contribution is 2.27. The Morgan fingerprint density at radius 3 is 2.67 bits per heavy atom. The number of nitrogens with one attached hydrogen (secondary N) is 2. The van der Waals surface area contributed by atoms with E-state index in [1.807, 2.05) is 0 Å². The first-order valence-corrected chi connectivity index (χ1v) is 9.82. The van der Waals surface area contributed by atoms with Gasteiger partial charge < -0.3 is 4.98 Å². The van der Waals surface area contributed by atoms with Crippen LogP contribution in [0.5, 0.6) is 0 Å². The van der Waals surface area contributed by atoms with Crippen LogP contribution in [0.3, 0.4) is 0 Å². The minimum Gasteiger partial charge on any atom is -0.355 e. The third-order valence-corrected chi connectivity index (χ3v) is 6.01. The lowest BCUT2D eigenvalue weighted by Gasteiger charge is -1.96. The highest BCUT2D eigenvalue weighted by atomic mass is 32.1. The van der Waals surface area contributed by atoms with Gasteiger partial charge >= 0.3 is 0 Å². The summed E-state index contributed by atoms with van der Waals surface area (Å²) in [5.41, 5.74) is 5.77. The van der Waals surface area contributed by atoms with Crippen LogP contribution in [0.1, 0.15) is 0 Å². The van der Waals surface area contributed by atoms with Crippen LogP contribution in [0.25, 0.3) is 48.8 Å². The molecule has 0 atom stereocenters. The fourth-order valence-electron chi connectivity index (χ4n) is 3.71. The van der Waals surface area contributed by atoms with Gasteiger partial charge in [0.15, 0.2) is 0 Å². The largest absolute Gasteiger partial charge is 0.355 e. The van der Waals surface area contributed by atoms with Crippen molar-refractivity contribution in [3.05, 3.63) is 84.4 Å². The summed E-state index contributed by atoms with van der Waals surface area (Å²) < 4.78 is 3.41. The maximum Gasteiger partial charge on any atom is 0.236 e. The van der Waals surface area contributed by atoms with E-state index in [1.165, 1.54) is 31.9 Å². The Labute approximate surface area is 159 Å². The topological polar surface area (TPSA) is 35.5 Å². The molecule has 0 spiro atoms. The van der Waals surface area contributed by atoms with E-state index in [2.05, 4.69) is 99.1 Å². The Morgan fingerprint density at radius 1 is 0.741 bits per heavy atom. The van der Waals surface area contributed by atoms with Gasteiger partial charge in [-0.1, -0.05) is 28.9 Å². The Kier molecular flexibility index (Phi) is 3.04. The summed E-state index contributed by atoms with van der Waals surface area (Å²) in [6, 6.07) is 25.9. The lowest BCUT2D eigenvalue weighted by Crippen LogP contribution is -2.31. The number of hydrogen-bond donors (Lipinski definition) is 2. The van der Waals surface area contributed by atoms with Crippen LogP contribution >= 0.6 is 11.3 Å². The number of aromatic amines is 2. The first-order valence-electron chi connectivity index (χ1n) is 8.94. The molecule has 6 rings (SSSR count). The van der Waals surface area contributed by atoms with Crippen LogP contribution in [-0.2, 0) is 0 Å². The van der Waals surface area contributed by atoms with E-state index in [4.69, 9.17) is 0 Å². The van der Waals surface area contributed by atoms with Crippen molar-refractivity contribution in [1.82, 2.24) is 10.1 Å². The first-order chi connectivity index (χ1) is 13.3. The number of fused-ring (bicyclic) bond motifs is 3. The molecule has 4 heteroatoms. The van der Waals surface area contributed by atoms with Crippen molar-refractivity contribution < 1.29 is 4.68 Å². The van der Waals surface area contributed by atoms with Crippen molar-refractivity contribution >= 4 is 43.2 Å². The molecule has 6 aromatic rings. The first kappa shape index (κ1) is 14.8. The van der Waals surface area contributed by atoms with Gasteiger partial charge in [-0.25, -0.2) is 0 Å². The fourth-order valence-corrected chi connectivity index (χ4v) is 4.48. The highest BCUT2D eigenvalue weighted by Gasteiger charge is 2.13. The van der Waals surface area contributed by atoms with Crippen molar-refractivity contribution in [2.45, 2.75) is 0 Å². The SMILES string of the molecule is c1ccc2[nH]c(-c3ccc4[nH][n+](-c5ccc6sccc6c5)cc4c3)cc2c1. The maximum absolute atomic E-state index is 3.52. The average Bonchev–Trinajstić information content (AvgIpc) is 3.42. The zero-order valence-corrected chi connectivity index (χ0v) is 15.3. The summed E-state index contributed by atoms with van der Waals surface area (Å²) in [6.07, 6.45) is 2.16. The molecule has 3 nitrogen and oxygen atoms in total. The summed E-state index contributed by atoms with van der Waals surface area (Å²) in [6.45, 7) is 0. The molecule has 0 saturated heterocycles. The molecule has 2 N–H and O–H groups in total. The highest BCUT2D eigenvalue weighted by molar-refractivity contribution is 7.17. The second kappa shape index (κ2) is 5.56. The number of nitrogens with zero attached hydrogens (tertiary/aromatic N) is 1. The van der Waals surface area contributed by atoms with E-state index < -0.39 is 0 Å². The van der Waals surface area contributed by atoms with Crippen molar-refractivity contribution in [2.24, 2.45) is 0 Å². The molecular weight excluding hydrogens is 350 g/mol. The number of benzene rings is 3. The summed E-state index contributed by atoms with van der Waals surface area (Å²) in [7, 11) is 0. The molecule has 0 aliphatic heterocycles. The van der Waals surface area contributed by atoms with E-state index >= 15 is 0 Å². The molecule has 0 unspecified atom stereocenters. The van der Waals surface area contributed by atoms with Crippen molar-refractivity contribution in [3.63, 3.8) is 0 Å². The fraction of sp³-hybridized carbons (Fsp3) is 0. The number of para-hydroxylation sites is 1. The molecule has 0 aliphatic carbocycles. The molecule has 3 aromatic heterocycles. The van der Waals surface area contributed by atoms with Crippen molar-refractivity contribution in [3.8, 4) is 16.9 Å². The number of aromatic nitrogens is 3. The number of thiophene rings is 1. The third-order valence-electron chi connectivity index (χ3n) is 5.12. The molecule has 3 heterocycles. The number of H-pyrrole nitrogens is 2. The molecule has 0 saturated carbocycles. The maximum atomic E-state index is 3.52. The van der Waals surface area contributed by atoms with Crippen molar-refractivity contribution in [2.75, 3.05) is 0 Å². The second-order valence-corrected chi connectivity index (χ2v) is 7.77. The summed E-state index contributed by atoms with van der Waals surface area (Å²) in [5.74, 6) is 0. The molecule has 3 aromatic carbocycles. The van der Waals surface area contributed by atoms with Gasteiger partial charge in [0.2, 0.25) is 11.9 Å². The van der Waals surface area contributed by atoms with Gasteiger partial charge in [-0.05, 0) is 52.7 Å². The van der Waals surface area contributed by atoms with Crippen LogP contribution < -0.4 is 4.68 Å². The van der Waals surface area contributed by atoms with E-state index in [0.717, 1.165) is 16.9 Å². The molecule has 27 heavy (non-hydrogen) atoms. The zero-order valence-electron chi connectivity index (χ0n) is 14.4. The predicted molar refractivity (Wildman–Crippen MR) is 113 cm³/mol. The normalized spacial score (nSPS) is 11.7. The quantitative estimate of drug-likeness (QED) is 0.363. The number of hydrogen-bond acceptors (Lipinski definition) is 1. The van der Waals surface area contributed by atoms with Crippen LogP contribution in [-0.4, -0.2) is 10.1 Å². The third kappa shape index (κ3) is 2.38. The Balaban J connectivity index is 1.46. The van der Waals surface area contributed by atoms with E-state index in [-0.39, 0.29) is 0 Å². The zero-order chi connectivity index (χ0) is 17.8. The monoisotopic (exact) mass is 366 g/mol. The van der Waals surface area contributed by atoms with Gasteiger partial charge in [0.1, 0.15) is 5.52 Å². The average molecular weight is 366 g/mol. The smallest absolute Gasteiger partial charge is 0.236 e. The number of rotatable bonds is 2. The Hall–Kier alpha value is -3.37. The van der Waals surface area contributed by atoms with Gasteiger partial charge in [0.25, 0.3) is 0 Å². The van der Waals surface area contributed by atoms with Gasteiger partial charge in [-0.15, -0.1) is 11.3 Å². The van der Waals surface area contributed by atoms with E-state index in [9.17, 15) is 0 Å². The predicted octanol–water partition coefficient (Wildman–Crippen LogP) is 5.81. The van der Waals surface area contributed by atoms with Crippen LogP contribution in [0.2, 0.25) is 0 Å². The van der Waals surface area contributed by atoms with Crippen LogP contribution in [0.15, 0.2) is 84.4 Å².